The molecule has 0 aromatic heterocycles. The van der Waals surface area contributed by atoms with Crippen molar-refractivity contribution < 1.29 is 8.42 Å². The van der Waals surface area contributed by atoms with Crippen molar-refractivity contribution in [2.24, 2.45) is 0 Å². The zero-order valence-electron chi connectivity index (χ0n) is 8.83. The first-order valence-corrected chi connectivity index (χ1v) is 6.81. The van der Waals surface area contributed by atoms with Crippen LogP contribution in [0, 0.1) is 0 Å². The third kappa shape index (κ3) is 1.88. The summed E-state index contributed by atoms with van der Waals surface area (Å²) >= 11 is 5.80. The van der Waals surface area contributed by atoms with Gasteiger partial charge in [-0.25, -0.2) is 8.42 Å². The second-order valence-corrected chi connectivity index (χ2v) is 6.06. The van der Waals surface area contributed by atoms with Crippen LogP contribution in [0.4, 0.5) is 0 Å². The quantitative estimate of drug-likeness (QED) is 0.902. The van der Waals surface area contributed by atoms with Gasteiger partial charge in [0.05, 0.1) is 9.80 Å². The second-order valence-electron chi connectivity index (χ2n) is 3.65. The van der Waals surface area contributed by atoms with Gasteiger partial charge in [0, 0.05) is 5.02 Å². The maximum absolute atomic E-state index is 12.1. The molecule has 3 nitrogen and oxygen atoms in total. The summed E-state index contributed by atoms with van der Waals surface area (Å²) in [6.07, 6.45) is 2.23. The van der Waals surface area contributed by atoms with Crippen LogP contribution in [0.25, 0.3) is 6.08 Å². The molecule has 1 aliphatic heterocycles. The highest BCUT2D eigenvalue weighted by Crippen LogP contribution is 2.35. The molecule has 1 aromatic rings. The molecule has 1 aromatic carbocycles. The molecule has 16 heavy (non-hydrogen) atoms. The average molecular weight is 258 g/mol. The van der Waals surface area contributed by atoms with Crippen LogP contribution in [-0.2, 0) is 9.84 Å². The molecule has 86 valence electrons. The second kappa shape index (κ2) is 4.20. The summed E-state index contributed by atoms with van der Waals surface area (Å²) in [6, 6.07) is 4.95. The normalized spacial score (nSPS) is 17.0. The van der Waals surface area contributed by atoms with Gasteiger partial charge < -0.3 is 5.32 Å². The molecule has 0 amide bonds. The molecule has 1 aliphatic rings. The Morgan fingerprint density at radius 3 is 2.81 bits per heavy atom. The van der Waals surface area contributed by atoms with Crippen molar-refractivity contribution in [3.63, 3.8) is 0 Å². The molecule has 5 heteroatoms. The van der Waals surface area contributed by atoms with Crippen molar-refractivity contribution >= 4 is 27.5 Å². The number of halogens is 1. The van der Waals surface area contributed by atoms with Gasteiger partial charge in [0.15, 0.2) is 0 Å². The summed E-state index contributed by atoms with van der Waals surface area (Å²) in [5.74, 6) is 0. The Bertz CT molecular complexity index is 549. The van der Waals surface area contributed by atoms with Crippen LogP contribution < -0.4 is 5.32 Å². The molecule has 0 spiro atoms. The third-order valence-electron chi connectivity index (χ3n) is 2.55. The fourth-order valence-electron chi connectivity index (χ4n) is 1.71. The first-order valence-electron chi connectivity index (χ1n) is 4.95. The van der Waals surface area contributed by atoms with E-state index in [4.69, 9.17) is 11.6 Å². The Labute approximate surface area is 100 Å². The van der Waals surface area contributed by atoms with Crippen molar-refractivity contribution in [2.45, 2.75) is 11.3 Å². The average Bonchev–Trinajstić information content (AvgIpc) is 2.48. The van der Waals surface area contributed by atoms with Crippen LogP contribution >= 0.6 is 11.6 Å². The molecule has 0 bridgehead atoms. The Morgan fingerprint density at radius 2 is 2.12 bits per heavy atom. The summed E-state index contributed by atoms with van der Waals surface area (Å²) in [4.78, 5) is 0.783. The van der Waals surface area contributed by atoms with Gasteiger partial charge in [-0.1, -0.05) is 17.7 Å². The number of nitrogens with one attached hydrogen (secondary N) is 1. The minimum absolute atomic E-state index is 0.325. The Hall–Kier alpha value is -0.840. The van der Waals surface area contributed by atoms with Crippen molar-refractivity contribution in [3.8, 4) is 0 Å². The highest BCUT2D eigenvalue weighted by molar-refractivity contribution is 7.95. The molecular formula is C11H12ClNO2S. The van der Waals surface area contributed by atoms with Crippen LogP contribution in [0.2, 0.25) is 5.02 Å². The van der Waals surface area contributed by atoms with Gasteiger partial charge in [-0.15, -0.1) is 0 Å². The van der Waals surface area contributed by atoms with E-state index in [9.17, 15) is 8.42 Å². The van der Waals surface area contributed by atoms with Crippen LogP contribution in [0.5, 0.6) is 0 Å². The smallest absolute Gasteiger partial charge is 0.203 e. The predicted molar refractivity (Wildman–Crippen MR) is 65.2 cm³/mol. The molecule has 0 radical (unpaired) electrons. The summed E-state index contributed by atoms with van der Waals surface area (Å²) in [5, 5.41) is 3.39. The monoisotopic (exact) mass is 257 g/mol. The standard InChI is InChI=1S/C11H12ClNO2S/c1-13-5-4-10-6-8-2-3-9(12)7-11(8)16(10,14)15/h2-3,6-7,13H,4-5H2,1H3. The van der Waals surface area contributed by atoms with Crippen molar-refractivity contribution in [1.29, 1.82) is 0 Å². The van der Waals surface area contributed by atoms with Crippen LogP contribution in [-0.4, -0.2) is 22.0 Å². The number of hydrogen-bond acceptors (Lipinski definition) is 3. The molecule has 0 atom stereocenters. The highest BCUT2D eigenvalue weighted by Gasteiger charge is 2.28. The van der Waals surface area contributed by atoms with E-state index < -0.39 is 9.84 Å². The van der Waals surface area contributed by atoms with Gasteiger partial charge in [-0.2, -0.15) is 0 Å². The van der Waals surface area contributed by atoms with Gasteiger partial charge in [-0.3, -0.25) is 0 Å². The zero-order chi connectivity index (χ0) is 11.8. The molecule has 0 saturated heterocycles. The Balaban J connectivity index is 2.44. The maximum Gasteiger partial charge on any atom is 0.203 e. The number of benzene rings is 1. The van der Waals surface area contributed by atoms with Crippen molar-refractivity contribution in [3.05, 3.63) is 33.7 Å². The first-order chi connectivity index (χ1) is 7.55. The lowest BCUT2D eigenvalue weighted by atomic mass is 10.2. The van der Waals surface area contributed by atoms with E-state index in [1.54, 1.807) is 25.3 Å². The number of rotatable bonds is 3. The zero-order valence-corrected chi connectivity index (χ0v) is 10.4. The van der Waals surface area contributed by atoms with E-state index in [2.05, 4.69) is 5.32 Å². The van der Waals surface area contributed by atoms with Gasteiger partial charge in [0.25, 0.3) is 0 Å². The fraction of sp³-hybridized carbons (Fsp3) is 0.273. The van der Waals surface area contributed by atoms with E-state index >= 15 is 0 Å². The topological polar surface area (TPSA) is 46.2 Å². The van der Waals surface area contributed by atoms with E-state index in [1.165, 1.54) is 6.07 Å². The molecule has 0 aliphatic carbocycles. The summed E-state index contributed by atoms with van der Waals surface area (Å²) in [7, 11) is -1.51. The Kier molecular flexibility index (Phi) is 3.06. The molecule has 1 N–H and O–H groups in total. The van der Waals surface area contributed by atoms with Gasteiger partial charge >= 0.3 is 0 Å². The molecule has 2 rings (SSSR count). The van der Waals surface area contributed by atoms with Crippen molar-refractivity contribution in [1.82, 2.24) is 5.32 Å². The van der Waals surface area contributed by atoms with Crippen molar-refractivity contribution in [2.75, 3.05) is 13.6 Å². The summed E-state index contributed by atoms with van der Waals surface area (Å²) < 4.78 is 24.2. The molecule has 0 fully saturated rings. The van der Waals surface area contributed by atoms with E-state index in [1.807, 2.05) is 0 Å². The SMILES string of the molecule is CNCCC1=Cc2ccc(Cl)cc2S1(=O)=O. The summed E-state index contributed by atoms with van der Waals surface area (Å²) in [5.41, 5.74) is 0.732. The lowest BCUT2D eigenvalue weighted by Crippen LogP contribution is -2.11. The van der Waals surface area contributed by atoms with Gasteiger partial charge in [-0.05, 0) is 43.8 Å². The number of fused-ring (bicyclic) bond motifs is 1. The first kappa shape index (κ1) is 11.6. The summed E-state index contributed by atoms with van der Waals surface area (Å²) in [6.45, 7) is 0.646. The molecule has 1 heterocycles. The number of hydrogen-bond donors (Lipinski definition) is 1. The molecule has 0 unspecified atom stereocenters. The molecule has 0 saturated carbocycles. The van der Waals surface area contributed by atoms with Gasteiger partial charge in [0.1, 0.15) is 0 Å². The van der Waals surface area contributed by atoms with Crippen LogP contribution in [0.3, 0.4) is 0 Å². The van der Waals surface area contributed by atoms with E-state index in [0.29, 0.717) is 27.8 Å². The Morgan fingerprint density at radius 1 is 1.38 bits per heavy atom. The minimum atomic E-state index is -3.30. The van der Waals surface area contributed by atoms with Crippen LogP contribution in [0.15, 0.2) is 28.0 Å². The largest absolute Gasteiger partial charge is 0.319 e. The fourth-order valence-corrected chi connectivity index (χ4v) is 3.60. The predicted octanol–water partition coefficient (Wildman–Crippen LogP) is 2.08. The third-order valence-corrected chi connectivity index (χ3v) is 4.73. The molecular weight excluding hydrogens is 246 g/mol. The highest BCUT2D eigenvalue weighted by atomic mass is 35.5. The number of sulfone groups is 1. The minimum Gasteiger partial charge on any atom is -0.319 e. The van der Waals surface area contributed by atoms with Gasteiger partial charge in [0.2, 0.25) is 9.84 Å². The lowest BCUT2D eigenvalue weighted by Gasteiger charge is -2.03. The van der Waals surface area contributed by atoms with E-state index in [0.717, 1.165) is 5.56 Å². The van der Waals surface area contributed by atoms with Crippen LogP contribution in [0.1, 0.15) is 12.0 Å². The maximum atomic E-state index is 12.1. The lowest BCUT2D eigenvalue weighted by molar-refractivity contribution is 0.601. The van der Waals surface area contributed by atoms with E-state index in [-0.39, 0.29) is 0 Å².